The fraction of sp³-hybridized carbons (Fsp3) is 0.286. The molecule has 0 aliphatic heterocycles. The smallest absolute Gasteiger partial charge is 0.370 e. The van der Waals surface area contributed by atoms with Crippen LogP contribution in [0.5, 0.6) is 0 Å². The molecule has 186 valence electrons. The van der Waals surface area contributed by atoms with Gasteiger partial charge in [-0.3, -0.25) is 9.59 Å². The van der Waals surface area contributed by atoms with Crippen LogP contribution in [0.4, 0.5) is 24.8 Å². The summed E-state index contributed by atoms with van der Waals surface area (Å²) in [6.45, 7) is 2.84. The molecule has 3 rings (SSSR count). The van der Waals surface area contributed by atoms with E-state index in [4.69, 9.17) is 17.3 Å². The van der Waals surface area contributed by atoms with E-state index in [1.54, 1.807) is 19.1 Å². The maximum Gasteiger partial charge on any atom is 0.418 e. The minimum Gasteiger partial charge on any atom is -0.370 e. The van der Waals surface area contributed by atoms with E-state index >= 15 is 0 Å². The number of nitrogens with two attached hydrogens (primary N) is 1. The molecule has 9 nitrogen and oxygen atoms in total. The highest BCUT2D eigenvalue weighted by atomic mass is 35.5. The van der Waals surface area contributed by atoms with E-state index in [0.29, 0.717) is 35.5 Å². The Kier molecular flexibility index (Phi) is 8.59. The molecule has 2 amide bonds. The van der Waals surface area contributed by atoms with Crippen molar-refractivity contribution in [1.82, 2.24) is 20.3 Å². The van der Waals surface area contributed by atoms with Gasteiger partial charge in [-0.2, -0.15) is 13.2 Å². The Morgan fingerprint density at radius 3 is 2.63 bits per heavy atom. The molecule has 1 unspecified atom stereocenters. The minimum absolute atomic E-state index is 0.127. The average Bonchev–Trinajstić information content (AvgIpc) is 3.31. The van der Waals surface area contributed by atoms with Gasteiger partial charge >= 0.3 is 6.18 Å². The van der Waals surface area contributed by atoms with Crippen LogP contribution in [0.2, 0.25) is 5.02 Å². The summed E-state index contributed by atoms with van der Waals surface area (Å²) in [6, 6.07) is 3.28. The lowest BCUT2D eigenvalue weighted by molar-refractivity contribution is -0.137. The molecular weight excluding hydrogens is 507 g/mol. The standard InChI is InChI=1S/C21H21ClF3N7O2S/c1-11(31-18(33)12-3-6-28-16(7-12)27-5-2-4-26)20-30-10-15(35-20)19(34)32-17-8-13(21(23,24)25)14(22)9-29-17/h3,6-11H,2,4-5,26H2,1H3,(H,27,28)(H,31,33)(H,29,32,34). The van der Waals surface area contributed by atoms with Gasteiger partial charge in [0, 0.05) is 24.5 Å². The molecule has 0 aromatic carbocycles. The summed E-state index contributed by atoms with van der Waals surface area (Å²) < 4.78 is 39.1. The molecule has 0 bridgehead atoms. The number of thiazole rings is 1. The van der Waals surface area contributed by atoms with Crippen molar-refractivity contribution in [2.45, 2.75) is 25.6 Å². The first-order valence-corrected chi connectivity index (χ1v) is 11.5. The van der Waals surface area contributed by atoms with Crippen LogP contribution in [0.3, 0.4) is 0 Å². The number of rotatable bonds is 9. The number of carbonyl (C=O) groups excluding carboxylic acids is 2. The summed E-state index contributed by atoms with van der Waals surface area (Å²) in [7, 11) is 0. The van der Waals surface area contributed by atoms with Gasteiger partial charge in [-0.15, -0.1) is 11.3 Å². The number of carbonyl (C=O) groups is 2. The fourth-order valence-electron chi connectivity index (χ4n) is 2.82. The molecule has 3 aromatic heterocycles. The van der Waals surface area contributed by atoms with Gasteiger partial charge in [0.1, 0.15) is 21.5 Å². The van der Waals surface area contributed by atoms with Crippen molar-refractivity contribution in [2.24, 2.45) is 5.73 Å². The van der Waals surface area contributed by atoms with Gasteiger partial charge in [-0.05, 0) is 38.1 Å². The highest BCUT2D eigenvalue weighted by Crippen LogP contribution is 2.35. The molecule has 0 saturated carbocycles. The summed E-state index contributed by atoms with van der Waals surface area (Å²) in [5.41, 5.74) is 4.73. The second kappa shape index (κ2) is 11.4. The second-order valence-corrected chi connectivity index (χ2v) is 8.73. The number of pyridine rings is 2. The second-order valence-electron chi connectivity index (χ2n) is 7.26. The monoisotopic (exact) mass is 527 g/mol. The Bertz CT molecular complexity index is 1210. The van der Waals surface area contributed by atoms with Crippen LogP contribution >= 0.6 is 22.9 Å². The van der Waals surface area contributed by atoms with Crippen molar-refractivity contribution < 1.29 is 22.8 Å². The van der Waals surface area contributed by atoms with E-state index in [-0.39, 0.29) is 16.6 Å². The highest BCUT2D eigenvalue weighted by molar-refractivity contribution is 7.13. The molecular formula is C21H21ClF3N7O2S. The topological polar surface area (TPSA) is 135 Å². The van der Waals surface area contributed by atoms with Gasteiger partial charge in [0.05, 0.1) is 22.8 Å². The number of nitrogens with one attached hydrogen (secondary N) is 3. The van der Waals surface area contributed by atoms with E-state index in [9.17, 15) is 22.8 Å². The Balaban J connectivity index is 1.63. The molecule has 3 heterocycles. The lowest BCUT2D eigenvalue weighted by Gasteiger charge is -2.12. The molecule has 5 N–H and O–H groups in total. The summed E-state index contributed by atoms with van der Waals surface area (Å²) in [5, 5.41) is 8.01. The van der Waals surface area contributed by atoms with Crippen molar-refractivity contribution in [3.05, 3.63) is 62.8 Å². The minimum atomic E-state index is -4.69. The maximum atomic E-state index is 13.0. The predicted octanol–water partition coefficient (Wildman–Crippen LogP) is 4.11. The van der Waals surface area contributed by atoms with Gasteiger partial charge in [0.2, 0.25) is 0 Å². The van der Waals surface area contributed by atoms with Crippen molar-refractivity contribution in [1.29, 1.82) is 0 Å². The number of halogens is 4. The molecule has 0 radical (unpaired) electrons. The van der Waals surface area contributed by atoms with Crippen LogP contribution in [0.15, 0.2) is 36.8 Å². The van der Waals surface area contributed by atoms with E-state index in [1.165, 1.54) is 12.4 Å². The van der Waals surface area contributed by atoms with Crippen molar-refractivity contribution in [3.8, 4) is 0 Å². The molecule has 1 atom stereocenters. The van der Waals surface area contributed by atoms with Crippen molar-refractivity contribution in [2.75, 3.05) is 23.7 Å². The van der Waals surface area contributed by atoms with Gasteiger partial charge in [-0.1, -0.05) is 11.6 Å². The lowest BCUT2D eigenvalue weighted by Crippen LogP contribution is -2.26. The van der Waals surface area contributed by atoms with Gasteiger partial charge in [-0.25, -0.2) is 15.0 Å². The van der Waals surface area contributed by atoms with Crippen LogP contribution in [0.1, 0.15) is 50.0 Å². The van der Waals surface area contributed by atoms with Gasteiger partial charge < -0.3 is 21.7 Å². The molecule has 35 heavy (non-hydrogen) atoms. The Hall–Kier alpha value is -3.29. The van der Waals surface area contributed by atoms with E-state index in [1.807, 2.05) is 0 Å². The van der Waals surface area contributed by atoms with Crippen LogP contribution in [-0.2, 0) is 6.18 Å². The Morgan fingerprint density at radius 1 is 1.14 bits per heavy atom. The van der Waals surface area contributed by atoms with Crippen molar-refractivity contribution >= 4 is 46.4 Å². The third-order valence-electron chi connectivity index (χ3n) is 4.58. The third-order valence-corrected chi connectivity index (χ3v) is 6.06. The molecule has 0 aliphatic rings. The van der Waals surface area contributed by atoms with E-state index < -0.39 is 28.7 Å². The first-order valence-electron chi connectivity index (χ1n) is 10.3. The average molecular weight is 528 g/mol. The highest BCUT2D eigenvalue weighted by Gasteiger charge is 2.34. The SMILES string of the molecule is CC(NC(=O)c1ccnc(NCCCN)c1)c1ncc(C(=O)Nc2cc(C(F)(F)F)c(Cl)cn2)s1. The first kappa shape index (κ1) is 26.3. The zero-order valence-electron chi connectivity index (χ0n) is 18.3. The van der Waals surface area contributed by atoms with Crippen LogP contribution < -0.4 is 21.7 Å². The number of alkyl halides is 3. The molecule has 0 aliphatic carbocycles. The number of anilines is 2. The summed E-state index contributed by atoms with van der Waals surface area (Å²) in [4.78, 5) is 37.2. The summed E-state index contributed by atoms with van der Waals surface area (Å²) in [5.74, 6) is -0.835. The quantitative estimate of drug-likeness (QED) is 0.307. The molecule has 3 aromatic rings. The molecule has 14 heteroatoms. The molecule has 0 saturated heterocycles. The summed E-state index contributed by atoms with van der Waals surface area (Å²) >= 11 is 6.53. The first-order chi connectivity index (χ1) is 16.6. The number of nitrogens with zero attached hydrogens (tertiary/aromatic N) is 3. The zero-order valence-corrected chi connectivity index (χ0v) is 19.9. The van der Waals surface area contributed by atoms with Crippen LogP contribution in [0.25, 0.3) is 0 Å². The van der Waals surface area contributed by atoms with Gasteiger partial charge in [0.25, 0.3) is 11.8 Å². The maximum absolute atomic E-state index is 13.0. The summed E-state index contributed by atoms with van der Waals surface area (Å²) in [6.07, 6.45) is -0.350. The largest absolute Gasteiger partial charge is 0.418 e. The zero-order chi connectivity index (χ0) is 25.6. The number of hydrogen-bond donors (Lipinski definition) is 4. The van der Waals surface area contributed by atoms with Crippen LogP contribution in [-0.4, -0.2) is 39.9 Å². The van der Waals surface area contributed by atoms with Crippen molar-refractivity contribution in [3.63, 3.8) is 0 Å². The fourth-order valence-corrected chi connectivity index (χ4v) is 3.85. The number of amides is 2. The van der Waals surface area contributed by atoms with Crippen LogP contribution in [0, 0.1) is 0 Å². The number of aromatic nitrogens is 3. The van der Waals surface area contributed by atoms with E-state index in [0.717, 1.165) is 24.0 Å². The lowest BCUT2D eigenvalue weighted by atomic mass is 10.2. The molecule has 0 fully saturated rings. The normalized spacial score (nSPS) is 12.2. The van der Waals surface area contributed by atoms with Gasteiger partial charge in [0.15, 0.2) is 0 Å². The Morgan fingerprint density at radius 2 is 1.91 bits per heavy atom. The third kappa shape index (κ3) is 7.10. The number of hydrogen-bond acceptors (Lipinski definition) is 8. The predicted molar refractivity (Wildman–Crippen MR) is 127 cm³/mol. The van der Waals surface area contributed by atoms with E-state index in [2.05, 4.69) is 30.9 Å². The molecule has 0 spiro atoms. The Labute approximate surface area is 207 Å².